The number of aromatic nitrogens is 2. The summed E-state index contributed by atoms with van der Waals surface area (Å²) in [5.41, 5.74) is 0. The zero-order valence-electron chi connectivity index (χ0n) is 8.26. The second kappa shape index (κ2) is 4.73. The normalized spacial score (nSPS) is 27.0. The van der Waals surface area contributed by atoms with Crippen LogP contribution in [0.1, 0.15) is 6.92 Å². The quantitative estimate of drug-likeness (QED) is 0.877. The minimum Gasteiger partial charge on any atom is -0.394 e. The Morgan fingerprint density at radius 1 is 1.60 bits per heavy atom. The molecular weight excluding hydrogens is 282 g/mol. The molecule has 1 aromatic rings. The van der Waals surface area contributed by atoms with E-state index in [0.29, 0.717) is 6.54 Å². The summed E-state index contributed by atoms with van der Waals surface area (Å²) in [5.74, 6) is 0. The van der Waals surface area contributed by atoms with E-state index >= 15 is 0 Å². The number of hydrogen-bond acceptors (Lipinski definition) is 6. The lowest BCUT2D eigenvalue weighted by atomic mass is 10.2. The molecule has 0 saturated carbocycles. The fourth-order valence-electron chi connectivity index (χ4n) is 1.63. The molecule has 0 aliphatic carbocycles. The summed E-state index contributed by atoms with van der Waals surface area (Å²) in [6, 6.07) is 0. The van der Waals surface area contributed by atoms with Gasteiger partial charge in [-0.05, 0) is 22.9 Å². The van der Waals surface area contributed by atoms with E-state index in [2.05, 4.69) is 31.0 Å². The minimum absolute atomic E-state index is 0.0425. The first-order chi connectivity index (χ1) is 7.19. The van der Waals surface area contributed by atoms with Gasteiger partial charge in [-0.1, -0.05) is 11.3 Å². The Labute approximate surface area is 100 Å². The monoisotopic (exact) mass is 293 g/mol. The molecule has 0 spiro atoms. The highest BCUT2D eigenvalue weighted by Gasteiger charge is 2.26. The standard InChI is InChI=1S/C8H12BrN3O2S/c1-5-2-12(3-6(4-13)14-5)8-11-10-7(9)15-8/h5-6,13H,2-4H2,1H3. The van der Waals surface area contributed by atoms with E-state index in [1.807, 2.05) is 6.92 Å². The fraction of sp³-hybridized carbons (Fsp3) is 0.750. The third-order valence-corrected chi connectivity index (χ3v) is 3.61. The Bertz CT molecular complexity index is 335. The van der Waals surface area contributed by atoms with Crippen molar-refractivity contribution in [2.45, 2.75) is 19.1 Å². The van der Waals surface area contributed by atoms with E-state index in [4.69, 9.17) is 9.84 Å². The second-order valence-corrected chi connectivity index (χ2v) is 5.73. The van der Waals surface area contributed by atoms with Gasteiger partial charge in [-0.25, -0.2) is 0 Å². The van der Waals surface area contributed by atoms with Crippen molar-refractivity contribution < 1.29 is 9.84 Å². The maximum absolute atomic E-state index is 9.09. The highest BCUT2D eigenvalue weighted by atomic mass is 79.9. The summed E-state index contributed by atoms with van der Waals surface area (Å²) in [4.78, 5) is 2.09. The van der Waals surface area contributed by atoms with Gasteiger partial charge >= 0.3 is 0 Å². The van der Waals surface area contributed by atoms with Crippen LogP contribution in [-0.4, -0.2) is 47.2 Å². The molecule has 0 amide bonds. The van der Waals surface area contributed by atoms with Gasteiger partial charge in [-0.2, -0.15) is 0 Å². The molecule has 2 rings (SSSR count). The maximum atomic E-state index is 9.09. The van der Waals surface area contributed by atoms with Crippen LogP contribution in [-0.2, 0) is 4.74 Å². The summed E-state index contributed by atoms with van der Waals surface area (Å²) in [5, 5.41) is 17.9. The molecule has 84 valence electrons. The molecule has 2 atom stereocenters. The smallest absolute Gasteiger partial charge is 0.209 e. The van der Waals surface area contributed by atoms with Gasteiger partial charge in [0.15, 0.2) is 3.92 Å². The molecule has 1 N–H and O–H groups in total. The molecule has 1 aliphatic heterocycles. The summed E-state index contributed by atoms with van der Waals surface area (Å²) < 4.78 is 6.32. The van der Waals surface area contributed by atoms with Crippen molar-refractivity contribution in [3.05, 3.63) is 3.92 Å². The van der Waals surface area contributed by atoms with Crippen molar-refractivity contribution in [3.8, 4) is 0 Å². The molecule has 5 nitrogen and oxygen atoms in total. The first kappa shape index (κ1) is 11.3. The molecule has 1 saturated heterocycles. The second-order valence-electron chi connectivity index (χ2n) is 3.49. The first-order valence-corrected chi connectivity index (χ1v) is 6.30. The average molecular weight is 294 g/mol. The molecular formula is C8H12BrN3O2S. The van der Waals surface area contributed by atoms with E-state index in [1.54, 1.807) is 0 Å². The predicted octanol–water partition coefficient (Wildman–Crippen LogP) is 0.887. The van der Waals surface area contributed by atoms with E-state index in [-0.39, 0.29) is 18.8 Å². The molecule has 1 aliphatic rings. The SMILES string of the molecule is CC1CN(c2nnc(Br)s2)CC(CO)O1. The van der Waals surface area contributed by atoms with Crippen LogP contribution in [0, 0.1) is 0 Å². The average Bonchev–Trinajstić information content (AvgIpc) is 2.64. The Morgan fingerprint density at radius 3 is 3.00 bits per heavy atom. The van der Waals surface area contributed by atoms with E-state index in [0.717, 1.165) is 15.6 Å². The zero-order chi connectivity index (χ0) is 10.8. The van der Waals surface area contributed by atoms with Crippen molar-refractivity contribution in [1.82, 2.24) is 10.2 Å². The number of morpholine rings is 1. The van der Waals surface area contributed by atoms with Crippen molar-refractivity contribution >= 4 is 32.4 Å². The van der Waals surface area contributed by atoms with Gasteiger partial charge in [-0.3, -0.25) is 0 Å². The number of anilines is 1. The maximum Gasteiger partial charge on any atom is 0.209 e. The third kappa shape index (κ3) is 2.66. The first-order valence-electron chi connectivity index (χ1n) is 4.69. The molecule has 0 radical (unpaired) electrons. The molecule has 0 bridgehead atoms. The molecule has 2 unspecified atom stereocenters. The van der Waals surface area contributed by atoms with Crippen LogP contribution in [0.4, 0.5) is 5.13 Å². The van der Waals surface area contributed by atoms with Gasteiger partial charge in [0.2, 0.25) is 5.13 Å². The topological polar surface area (TPSA) is 58.5 Å². The molecule has 0 aromatic carbocycles. The van der Waals surface area contributed by atoms with Crippen molar-refractivity contribution in [2.75, 3.05) is 24.6 Å². The summed E-state index contributed by atoms with van der Waals surface area (Å²) in [6.45, 7) is 3.49. The van der Waals surface area contributed by atoms with Crippen LogP contribution in [0.15, 0.2) is 3.92 Å². The number of nitrogens with zero attached hydrogens (tertiary/aromatic N) is 3. The largest absolute Gasteiger partial charge is 0.394 e. The van der Waals surface area contributed by atoms with E-state index in [9.17, 15) is 0 Å². The fourth-order valence-corrected chi connectivity index (χ4v) is 2.73. The minimum atomic E-state index is -0.128. The molecule has 7 heteroatoms. The lowest BCUT2D eigenvalue weighted by Gasteiger charge is -2.35. The van der Waals surface area contributed by atoms with Crippen molar-refractivity contribution in [2.24, 2.45) is 0 Å². The van der Waals surface area contributed by atoms with Crippen LogP contribution in [0.25, 0.3) is 0 Å². The number of aliphatic hydroxyl groups is 1. The summed E-state index contributed by atoms with van der Waals surface area (Å²) in [7, 11) is 0. The van der Waals surface area contributed by atoms with Crippen molar-refractivity contribution in [3.63, 3.8) is 0 Å². The van der Waals surface area contributed by atoms with Gasteiger partial charge in [0.25, 0.3) is 0 Å². The number of aliphatic hydroxyl groups excluding tert-OH is 1. The highest BCUT2D eigenvalue weighted by molar-refractivity contribution is 9.11. The Kier molecular flexibility index (Phi) is 3.55. The molecule has 2 heterocycles. The number of rotatable bonds is 2. The molecule has 1 fully saturated rings. The Morgan fingerprint density at radius 2 is 2.40 bits per heavy atom. The van der Waals surface area contributed by atoms with Crippen LogP contribution in [0.2, 0.25) is 0 Å². The van der Waals surface area contributed by atoms with E-state index in [1.165, 1.54) is 11.3 Å². The summed E-state index contributed by atoms with van der Waals surface area (Å²) >= 11 is 4.78. The lowest BCUT2D eigenvalue weighted by molar-refractivity contribution is -0.0421. The predicted molar refractivity (Wildman–Crippen MR) is 61.2 cm³/mol. The lowest BCUT2D eigenvalue weighted by Crippen LogP contribution is -2.48. The Hall–Kier alpha value is -0.240. The molecule has 15 heavy (non-hydrogen) atoms. The van der Waals surface area contributed by atoms with Crippen LogP contribution >= 0.6 is 27.3 Å². The van der Waals surface area contributed by atoms with Crippen LogP contribution in [0.3, 0.4) is 0 Å². The van der Waals surface area contributed by atoms with Gasteiger partial charge < -0.3 is 14.7 Å². The highest BCUT2D eigenvalue weighted by Crippen LogP contribution is 2.26. The molecule has 1 aromatic heterocycles. The third-order valence-electron chi connectivity index (χ3n) is 2.19. The van der Waals surface area contributed by atoms with Gasteiger partial charge in [-0.15, -0.1) is 10.2 Å². The number of halogens is 1. The number of hydrogen-bond donors (Lipinski definition) is 1. The van der Waals surface area contributed by atoms with Gasteiger partial charge in [0.05, 0.1) is 18.8 Å². The van der Waals surface area contributed by atoms with Gasteiger partial charge in [0, 0.05) is 13.1 Å². The number of ether oxygens (including phenoxy) is 1. The van der Waals surface area contributed by atoms with Crippen LogP contribution in [0.5, 0.6) is 0 Å². The summed E-state index contributed by atoms with van der Waals surface area (Å²) in [6.07, 6.45) is -0.0185. The zero-order valence-corrected chi connectivity index (χ0v) is 10.7. The Balaban J connectivity index is 2.08. The van der Waals surface area contributed by atoms with E-state index < -0.39 is 0 Å². The van der Waals surface area contributed by atoms with Crippen LogP contribution < -0.4 is 4.90 Å². The van der Waals surface area contributed by atoms with Gasteiger partial charge in [0.1, 0.15) is 0 Å². The van der Waals surface area contributed by atoms with Crippen molar-refractivity contribution in [1.29, 1.82) is 0 Å².